The molecule has 0 radical (unpaired) electrons. The van der Waals surface area contributed by atoms with Crippen LogP contribution < -0.4 is 10.1 Å². The molecule has 1 amide bonds. The minimum absolute atomic E-state index is 0.127. The van der Waals surface area contributed by atoms with Gasteiger partial charge in [-0.2, -0.15) is 0 Å². The van der Waals surface area contributed by atoms with Crippen LogP contribution in [0.15, 0.2) is 84.9 Å². The van der Waals surface area contributed by atoms with Crippen molar-refractivity contribution in [2.75, 3.05) is 7.11 Å². The summed E-state index contributed by atoms with van der Waals surface area (Å²) in [6.07, 6.45) is 0.684. The second kappa shape index (κ2) is 9.35. The smallest absolute Gasteiger partial charge is 0.335 e. The molecule has 2 N–H and O–H groups in total. The molecular weight excluding hydrogens is 402 g/mol. The van der Waals surface area contributed by atoms with Crippen LogP contribution in [0.2, 0.25) is 0 Å². The van der Waals surface area contributed by atoms with Crippen molar-refractivity contribution in [1.82, 2.24) is 5.32 Å². The van der Waals surface area contributed by atoms with Gasteiger partial charge in [-0.05, 0) is 70.3 Å². The van der Waals surface area contributed by atoms with Gasteiger partial charge in [0.25, 0.3) is 5.91 Å². The van der Waals surface area contributed by atoms with Gasteiger partial charge in [0.15, 0.2) is 0 Å². The molecule has 4 rings (SSSR count). The van der Waals surface area contributed by atoms with E-state index in [-0.39, 0.29) is 11.5 Å². The van der Waals surface area contributed by atoms with Crippen LogP contribution in [-0.2, 0) is 13.0 Å². The van der Waals surface area contributed by atoms with Crippen LogP contribution in [0, 0.1) is 0 Å². The average molecular weight is 425 g/mol. The van der Waals surface area contributed by atoms with Crippen LogP contribution in [0.25, 0.3) is 10.8 Å². The number of fused-ring (bicyclic) bond motifs is 1. The van der Waals surface area contributed by atoms with Gasteiger partial charge >= 0.3 is 5.97 Å². The number of carboxylic acid groups (broad SMARTS) is 1. The largest absolute Gasteiger partial charge is 0.497 e. The number of carbonyl (C=O) groups is 2. The molecule has 0 aliphatic rings. The lowest BCUT2D eigenvalue weighted by molar-refractivity contribution is 0.0696. The van der Waals surface area contributed by atoms with Gasteiger partial charge in [-0.15, -0.1) is 0 Å². The maximum absolute atomic E-state index is 12.7. The molecule has 160 valence electrons. The first-order chi connectivity index (χ1) is 15.5. The van der Waals surface area contributed by atoms with Gasteiger partial charge in [-0.1, -0.05) is 48.5 Å². The van der Waals surface area contributed by atoms with Gasteiger partial charge in [-0.25, -0.2) is 4.79 Å². The molecule has 0 spiro atoms. The highest BCUT2D eigenvalue weighted by Crippen LogP contribution is 2.21. The molecule has 0 aliphatic heterocycles. The molecule has 32 heavy (non-hydrogen) atoms. The van der Waals surface area contributed by atoms with Crippen molar-refractivity contribution in [3.8, 4) is 5.75 Å². The maximum Gasteiger partial charge on any atom is 0.335 e. The van der Waals surface area contributed by atoms with E-state index in [1.807, 2.05) is 60.7 Å². The summed E-state index contributed by atoms with van der Waals surface area (Å²) in [5.41, 5.74) is 4.00. The second-order valence-corrected chi connectivity index (χ2v) is 7.61. The highest BCUT2D eigenvalue weighted by atomic mass is 16.5. The Morgan fingerprint density at radius 2 is 1.38 bits per heavy atom. The molecule has 0 unspecified atom stereocenters. The zero-order chi connectivity index (χ0) is 22.5. The average Bonchev–Trinajstić information content (AvgIpc) is 2.82. The van der Waals surface area contributed by atoms with Gasteiger partial charge < -0.3 is 15.2 Å². The quantitative estimate of drug-likeness (QED) is 0.434. The summed E-state index contributed by atoms with van der Waals surface area (Å²) in [5, 5.41) is 14.0. The molecule has 0 fully saturated rings. The molecule has 0 saturated carbocycles. The van der Waals surface area contributed by atoms with Gasteiger partial charge in [0.05, 0.1) is 12.7 Å². The van der Waals surface area contributed by atoms with Crippen molar-refractivity contribution in [2.45, 2.75) is 13.0 Å². The molecular formula is C27H23NO4. The van der Waals surface area contributed by atoms with Crippen LogP contribution in [-0.4, -0.2) is 24.1 Å². The Morgan fingerprint density at radius 3 is 2.06 bits per heavy atom. The number of nitrogens with one attached hydrogen (secondary N) is 1. The summed E-state index contributed by atoms with van der Waals surface area (Å²) >= 11 is 0. The molecule has 0 bridgehead atoms. The normalized spacial score (nSPS) is 10.7. The summed E-state index contributed by atoms with van der Waals surface area (Å²) in [7, 11) is 1.62. The second-order valence-electron chi connectivity index (χ2n) is 7.61. The Labute approximate surface area is 186 Å². The van der Waals surface area contributed by atoms with E-state index in [4.69, 9.17) is 9.84 Å². The van der Waals surface area contributed by atoms with E-state index in [0.717, 1.165) is 33.2 Å². The number of aromatic carboxylic acids is 1. The molecule has 0 saturated heterocycles. The van der Waals surface area contributed by atoms with Crippen LogP contribution in [0.5, 0.6) is 5.75 Å². The lowest BCUT2D eigenvalue weighted by Crippen LogP contribution is -2.22. The monoisotopic (exact) mass is 425 g/mol. The van der Waals surface area contributed by atoms with Crippen molar-refractivity contribution in [2.24, 2.45) is 0 Å². The number of methoxy groups -OCH3 is 1. The summed E-state index contributed by atoms with van der Waals surface area (Å²) < 4.78 is 5.16. The van der Waals surface area contributed by atoms with Crippen molar-refractivity contribution in [3.63, 3.8) is 0 Å². The maximum atomic E-state index is 12.7. The SMILES string of the molecule is COc1ccc(CNC(=O)c2ccc3ccc(Cc4ccc(C(=O)O)cc4)cc3c2)cc1. The number of carbonyl (C=O) groups excluding carboxylic acids is 1. The van der Waals surface area contributed by atoms with E-state index in [0.29, 0.717) is 18.5 Å². The summed E-state index contributed by atoms with van der Waals surface area (Å²) in [5.74, 6) is -0.277. The Balaban J connectivity index is 1.47. The number of benzene rings is 4. The van der Waals surface area contributed by atoms with Crippen molar-refractivity contribution in [3.05, 3.63) is 113 Å². The number of carboxylic acids is 1. The fraction of sp³-hybridized carbons (Fsp3) is 0.111. The third-order valence-corrected chi connectivity index (χ3v) is 5.39. The van der Waals surface area contributed by atoms with Crippen molar-refractivity contribution >= 4 is 22.6 Å². The lowest BCUT2D eigenvalue weighted by atomic mass is 9.99. The highest BCUT2D eigenvalue weighted by Gasteiger charge is 2.08. The van der Waals surface area contributed by atoms with Gasteiger partial charge in [0.2, 0.25) is 0 Å². The lowest BCUT2D eigenvalue weighted by Gasteiger charge is -2.09. The molecule has 4 aromatic carbocycles. The summed E-state index contributed by atoms with van der Waals surface area (Å²) in [6.45, 7) is 0.438. The Bertz CT molecular complexity index is 1260. The first-order valence-electron chi connectivity index (χ1n) is 10.3. The number of amides is 1. The number of rotatable bonds is 7. The van der Waals surface area contributed by atoms with Crippen LogP contribution in [0.3, 0.4) is 0 Å². The number of hydrogen-bond acceptors (Lipinski definition) is 3. The third-order valence-electron chi connectivity index (χ3n) is 5.39. The number of hydrogen-bond donors (Lipinski definition) is 2. The minimum Gasteiger partial charge on any atom is -0.497 e. The zero-order valence-corrected chi connectivity index (χ0v) is 17.7. The van der Waals surface area contributed by atoms with E-state index < -0.39 is 5.97 Å². The van der Waals surface area contributed by atoms with E-state index in [2.05, 4.69) is 17.4 Å². The van der Waals surface area contributed by atoms with E-state index in [1.165, 1.54) is 0 Å². The topological polar surface area (TPSA) is 75.6 Å². The minimum atomic E-state index is -0.931. The first kappa shape index (κ1) is 21.1. The molecule has 5 nitrogen and oxygen atoms in total. The van der Waals surface area contributed by atoms with Gasteiger partial charge in [0, 0.05) is 12.1 Å². The summed E-state index contributed by atoms with van der Waals surface area (Å²) in [6, 6.07) is 26.3. The first-order valence-corrected chi connectivity index (χ1v) is 10.3. The Morgan fingerprint density at radius 1 is 0.750 bits per heavy atom. The highest BCUT2D eigenvalue weighted by molar-refractivity contribution is 5.98. The molecule has 4 aromatic rings. The Kier molecular flexibility index (Phi) is 6.17. The van der Waals surface area contributed by atoms with E-state index >= 15 is 0 Å². The molecule has 0 heterocycles. The molecule has 0 atom stereocenters. The zero-order valence-electron chi connectivity index (χ0n) is 17.7. The molecule has 5 heteroatoms. The van der Waals surface area contributed by atoms with Crippen molar-refractivity contribution in [1.29, 1.82) is 0 Å². The fourth-order valence-corrected chi connectivity index (χ4v) is 3.58. The fourth-order valence-electron chi connectivity index (χ4n) is 3.58. The molecule has 0 aliphatic carbocycles. The van der Waals surface area contributed by atoms with Gasteiger partial charge in [-0.3, -0.25) is 4.79 Å². The van der Waals surface area contributed by atoms with Crippen LogP contribution in [0.4, 0.5) is 0 Å². The standard InChI is InChI=1S/C27H23NO4/c1-32-25-12-5-19(6-13-25)17-28-26(29)23-11-10-21-7-4-20(15-24(21)16-23)14-18-2-8-22(9-3-18)27(30)31/h2-13,15-16H,14,17H2,1H3,(H,28,29)(H,30,31). The Hall–Kier alpha value is -4.12. The van der Waals surface area contributed by atoms with Crippen LogP contribution in [0.1, 0.15) is 37.4 Å². The van der Waals surface area contributed by atoms with Crippen LogP contribution >= 0.6 is 0 Å². The van der Waals surface area contributed by atoms with Crippen molar-refractivity contribution < 1.29 is 19.4 Å². The predicted molar refractivity (Wildman–Crippen MR) is 124 cm³/mol. The predicted octanol–water partition coefficient (Wildman–Crippen LogP) is 5.07. The van der Waals surface area contributed by atoms with E-state index in [9.17, 15) is 9.59 Å². The van der Waals surface area contributed by atoms with E-state index in [1.54, 1.807) is 19.2 Å². The molecule has 0 aromatic heterocycles. The number of ether oxygens (including phenoxy) is 1. The van der Waals surface area contributed by atoms with Gasteiger partial charge in [0.1, 0.15) is 5.75 Å². The third kappa shape index (κ3) is 4.95. The summed E-state index contributed by atoms with van der Waals surface area (Å²) in [4.78, 5) is 23.7.